The molecule has 3 atom stereocenters. The molecular weight excluding hydrogens is 518 g/mol. The Hall–Kier alpha value is -3.91. The molecule has 0 saturated carbocycles. The van der Waals surface area contributed by atoms with Crippen molar-refractivity contribution in [1.82, 2.24) is 4.90 Å². The lowest BCUT2D eigenvalue weighted by Crippen LogP contribution is -2.55. The molecule has 0 radical (unpaired) electrons. The third-order valence-corrected chi connectivity index (χ3v) is 7.61. The monoisotopic (exact) mass is 554 g/mol. The molecule has 7 nitrogen and oxygen atoms in total. The number of ether oxygens (including phenoxy) is 3. The second-order valence-electron chi connectivity index (χ2n) is 10.5. The molecule has 4 aromatic rings. The fourth-order valence-electron chi connectivity index (χ4n) is 5.50. The van der Waals surface area contributed by atoms with E-state index < -0.39 is 12.2 Å². The average Bonchev–Trinajstić information content (AvgIpc) is 3.02. The van der Waals surface area contributed by atoms with Crippen molar-refractivity contribution in [1.29, 1.82) is 0 Å². The molecule has 41 heavy (non-hydrogen) atoms. The van der Waals surface area contributed by atoms with Crippen LogP contribution in [0.3, 0.4) is 0 Å². The zero-order valence-electron chi connectivity index (χ0n) is 23.1. The minimum absolute atomic E-state index is 0.161. The normalized spacial score (nSPS) is 18.9. The Morgan fingerprint density at radius 3 is 2.34 bits per heavy atom. The molecule has 1 saturated heterocycles. The zero-order valence-corrected chi connectivity index (χ0v) is 23.1. The van der Waals surface area contributed by atoms with E-state index in [2.05, 4.69) is 24.3 Å². The minimum Gasteiger partial charge on any atom is -0.530 e. The van der Waals surface area contributed by atoms with Crippen molar-refractivity contribution in [2.45, 2.75) is 31.7 Å². The van der Waals surface area contributed by atoms with Crippen LogP contribution in [0.15, 0.2) is 97.1 Å². The smallest absolute Gasteiger partial charge is 0.137 e. The van der Waals surface area contributed by atoms with Crippen molar-refractivity contribution in [3.63, 3.8) is 0 Å². The number of benzene rings is 4. The molecule has 1 fully saturated rings. The van der Waals surface area contributed by atoms with Gasteiger partial charge in [-0.25, -0.2) is 0 Å². The molecule has 3 unspecified atom stereocenters. The largest absolute Gasteiger partial charge is 0.530 e. The number of amides is 1. The molecule has 0 spiro atoms. The van der Waals surface area contributed by atoms with Crippen molar-refractivity contribution in [2.75, 3.05) is 32.9 Å². The lowest BCUT2D eigenvalue weighted by molar-refractivity contribution is -0.270. The van der Waals surface area contributed by atoms with Crippen molar-refractivity contribution in [3.8, 4) is 5.75 Å². The number of aliphatic hydroxyl groups excluding tert-OH is 1. The fraction of sp³-hybridized carbons (Fsp3) is 0.324. The molecule has 4 aromatic carbocycles. The first kappa shape index (κ1) is 28.6. The van der Waals surface area contributed by atoms with Crippen LogP contribution in [0.5, 0.6) is 5.75 Å². The highest BCUT2D eigenvalue weighted by molar-refractivity contribution is 5.82. The molecule has 7 heteroatoms. The molecule has 1 aliphatic rings. The maximum atomic E-state index is 11.8. The number of fused-ring (bicyclic) bond motifs is 1. The van der Waals surface area contributed by atoms with Crippen molar-refractivity contribution in [2.24, 2.45) is 5.92 Å². The summed E-state index contributed by atoms with van der Waals surface area (Å²) in [5.74, 6) is 0.242. The molecule has 214 valence electrons. The van der Waals surface area contributed by atoms with Gasteiger partial charge < -0.3 is 34.1 Å². The Bertz CT molecular complexity index is 1390. The van der Waals surface area contributed by atoms with Gasteiger partial charge in [0.1, 0.15) is 11.8 Å². The Balaban J connectivity index is 1.20. The molecule has 1 heterocycles. The van der Waals surface area contributed by atoms with Gasteiger partial charge in [0, 0.05) is 38.0 Å². The third-order valence-electron chi connectivity index (χ3n) is 7.61. The van der Waals surface area contributed by atoms with E-state index in [9.17, 15) is 15.0 Å². The van der Waals surface area contributed by atoms with Crippen LogP contribution in [0.1, 0.15) is 29.0 Å². The van der Waals surface area contributed by atoms with Gasteiger partial charge in [-0.1, -0.05) is 78.9 Å². The lowest BCUT2D eigenvalue weighted by Gasteiger charge is -2.44. The van der Waals surface area contributed by atoms with Crippen LogP contribution in [0.4, 0.5) is 4.79 Å². The highest BCUT2D eigenvalue weighted by atomic mass is 16.5. The van der Waals surface area contributed by atoms with Gasteiger partial charge in [0.25, 0.3) is 0 Å². The Morgan fingerprint density at radius 2 is 1.59 bits per heavy atom. The van der Waals surface area contributed by atoms with E-state index in [1.807, 2.05) is 72.8 Å². The summed E-state index contributed by atoms with van der Waals surface area (Å²) in [5.41, 5.74) is 3.13. The number of carbonyl (C=O) groups is 1. The number of rotatable bonds is 12. The number of carboxylic acid groups (broad SMARTS) is 1. The van der Waals surface area contributed by atoms with E-state index in [1.165, 1.54) is 4.90 Å². The van der Waals surface area contributed by atoms with E-state index in [4.69, 9.17) is 14.2 Å². The minimum atomic E-state index is -1.25. The van der Waals surface area contributed by atoms with Gasteiger partial charge in [-0.05, 0) is 45.7 Å². The molecule has 5 rings (SSSR count). The highest BCUT2D eigenvalue weighted by Crippen LogP contribution is 2.36. The number of carbonyl (C=O) groups excluding carboxylic acids is 1. The number of piperidine rings is 1. The van der Waals surface area contributed by atoms with Gasteiger partial charge in [-0.2, -0.15) is 0 Å². The van der Waals surface area contributed by atoms with Crippen molar-refractivity contribution >= 4 is 16.9 Å². The Kier molecular flexibility index (Phi) is 9.86. The number of hydrogen-bond donors (Lipinski definition) is 1. The summed E-state index contributed by atoms with van der Waals surface area (Å²) in [7, 11) is 0. The summed E-state index contributed by atoms with van der Waals surface area (Å²) in [4.78, 5) is 13.0. The first-order chi connectivity index (χ1) is 20.1. The fourth-order valence-corrected chi connectivity index (χ4v) is 5.50. The number of likely N-dealkylation sites (tertiary alicyclic amines) is 1. The SMILES string of the molecule is O=C([O-])N1CC(CO)C(c2ccc(OCCCOCc3ccccc3)cc2)C(OCc2ccc3ccccc3c2)C1. The highest BCUT2D eigenvalue weighted by Gasteiger charge is 2.38. The standard InChI is InChI=1S/C34H37NO6/c36-22-30-20-35(34(37)38)21-32(41-24-26-11-12-27-9-4-5-10-29(27)19-26)33(30)28-13-15-31(16-14-28)40-18-6-17-39-23-25-7-2-1-3-8-25/h1-5,7-16,19,30,32-33,36H,6,17-18,20-24H2,(H,37,38)/p-1. The van der Waals surface area contributed by atoms with E-state index in [-0.39, 0.29) is 31.5 Å². The van der Waals surface area contributed by atoms with E-state index in [0.29, 0.717) is 26.4 Å². The molecule has 0 aliphatic carbocycles. The summed E-state index contributed by atoms with van der Waals surface area (Å²) in [6.45, 7) is 2.28. The Morgan fingerprint density at radius 1 is 0.829 bits per heavy atom. The summed E-state index contributed by atoms with van der Waals surface area (Å²) in [6, 6.07) is 32.2. The number of hydrogen-bond acceptors (Lipinski definition) is 6. The molecule has 1 aliphatic heterocycles. The van der Waals surface area contributed by atoms with Gasteiger partial charge in [0.05, 0.1) is 32.5 Å². The molecular formula is C34H36NO6-. The second kappa shape index (κ2) is 14.1. The Labute approximate surface area is 240 Å². The summed E-state index contributed by atoms with van der Waals surface area (Å²) in [5, 5.41) is 24.3. The molecule has 0 bridgehead atoms. The van der Waals surface area contributed by atoms with Crippen molar-refractivity contribution in [3.05, 3.63) is 114 Å². The van der Waals surface area contributed by atoms with E-state index in [1.54, 1.807) is 0 Å². The van der Waals surface area contributed by atoms with Crippen LogP contribution in [0.25, 0.3) is 10.8 Å². The molecule has 0 aromatic heterocycles. The quantitative estimate of drug-likeness (QED) is 0.254. The third kappa shape index (κ3) is 7.64. The van der Waals surface area contributed by atoms with Crippen LogP contribution < -0.4 is 9.84 Å². The van der Waals surface area contributed by atoms with Crippen LogP contribution in [0.2, 0.25) is 0 Å². The van der Waals surface area contributed by atoms with Gasteiger partial charge in [0.2, 0.25) is 0 Å². The number of aliphatic hydroxyl groups is 1. The van der Waals surface area contributed by atoms with E-state index in [0.717, 1.165) is 39.6 Å². The van der Waals surface area contributed by atoms with E-state index >= 15 is 0 Å². The zero-order chi connectivity index (χ0) is 28.4. The maximum absolute atomic E-state index is 11.8. The van der Waals surface area contributed by atoms with Crippen LogP contribution in [-0.4, -0.2) is 55.1 Å². The summed E-state index contributed by atoms with van der Waals surface area (Å²) < 4.78 is 18.0. The summed E-state index contributed by atoms with van der Waals surface area (Å²) >= 11 is 0. The van der Waals surface area contributed by atoms with Gasteiger partial charge in [-0.15, -0.1) is 0 Å². The van der Waals surface area contributed by atoms with Gasteiger partial charge in [0.15, 0.2) is 0 Å². The van der Waals surface area contributed by atoms with Crippen LogP contribution in [0, 0.1) is 5.92 Å². The van der Waals surface area contributed by atoms with Crippen LogP contribution in [-0.2, 0) is 22.7 Å². The molecule has 1 N–H and O–H groups in total. The molecule has 1 amide bonds. The predicted octanol–water partition coefficient (Wildman–Crippen LogP) is 4.76. The van der Waals surface area contributed by atoms with Crippen molar-refractivity contribution < 1.29 is 29.2 Å². The lowest BCUT2D eigenvalue weighted by atomic mass is 9.79. The van der Waals surface area contributed by atoms with Crippen LogP contribution >= 0.6 is 0 Å². The van der Waals surface area contributed by atoms with Gasteiger partial charge >= 0.3 is 0 Å². The van der Waals surface area contributed by atoms with Gasteiger partial charge in [-0.3, -0.25) is 0 Å². The topological polar surface area (TPSA) is 91.3 Å². The predicted molar refractivity (Wildman–Crippen MR) is 155 cm³/mol. The average molecular weight is 555 g/mol. The first-order valence-corrected chi connectivity index (χ1v) is 14.1. The maximum Gasteiger partial charge on any atom is 0.137 e. The second-order valence-corrected chi connectivity index (χ2v) is 10.5. The first-order valence-electron chi connectivity index (χ1n) is 14.1. The number of nitrogens with zero attached hydrogens (tertiary/aromatic N) is 1. The summed E-state index contributed by atoms with van der Waals surface area (Å²) in [6.07, 6.45) is -0.926.